The Balaban J connectivity index is 2.02. The van der Waals surface area contributed by atoms with Gasteiger partial charge in [-0.1, -0.05) is 20.3 Å². The summed E-state index contributed by atoms with van der Waals surface area (Å²) in [6.45, 7) is 4.62. The minimum Gasteiger partial charge on any atom is -0.390 e. The minimum atomic E-state index is -0.486. The van der Waals surface area contributed by atoms with Gasteiger partial charge in [0.05, 0.1) is 11.1 Å². The van der Waals surface area contributed by atoms with E-state index in [0.29, 0.717) is 5.41 Å². The highest BCUT2D eigenvalue weighted by Gasteiger charge is 2.34. The molecule has 0 spiro atoms. The Labute approximate surface area is 102 Å². The van der Waals surface area contributed by atoms with Gasteiger partial charge in [0.25, 0.3) is 0 Å². The fourth-order valence-electron chi connectivity index (χ4n) is 2.55. The van der Waals surface area contributed by atoms with Crippen molar-refractivity contribution in [1.29, 1.82) is 0 Å². The smallest absolute Gasteiger partial charge is 0.0794 e. The van der Waals surface area contributed by atoms with Gasteiger partial charge in [-0.2, -0.15) is 0 Å². The molecule has 2 nitrogen and oxygen atoms in total. The van der Waals surface area contributed by atoms with Crippen molar-refractivity contribution in [1.82, 2.24) is 4.98 Å². The summed E-state index contributed by atoms with van der Waals surface area (Å²) < 4.78 is 0. The SMILES string of the molecule is CC1(C)CCCC(O)(Cc2cncs2)CC1. The Morgan fingerprint density at radius 2 is 2.12 bits per heavy atom. The summed E-state index contributed by atoms with van der Waals surface area (Å²) in [6.07, 6.45) is 8.04. The quantitative estimate of drug-likeness (QED) is 0.802. The van der Waals surface area contributed by atoms with Gasteiger partial charge in [0.1, 0.15) is 0 Å². The maximum Gasteiger partial charge on any atom is 0.0794 e. The highest BCUT2D eigenvalue weighted by atomic mass is 32.1. The van der Waals surface area contributed by atoms with E-state index in [1.807, 2.05) is 11.7 Å². The number of rotatable bonds is 2. The monoisotopic (exact) mass is 239 g/mol. The largest absolute Gasteiger partial charge is 0.390 e. The molecule has 1 saturated carbocycles. The average Bonchev–Trinajstić information content (AvgIpc) is 2.63. The van der Waals surface area contributed by atoms with Crippen LogP contribution in [0.1, 0.15) is 50.8 Å². The predicted octanol–water partition coefficient (Wildman–Crippen LogP) is 3.41. The molecule has 90 valence electrons. The minimum absolute atomic E-state index is 0.401. The molecular formula is C13H21NOS. The fraction of sp³-hybridized carbons (Fsp3) is 0.769. The zero-order valence-electron chi connectivity index (χ0n) is 10.2. The van der Waals surface area contributed by atoms with Crippen molar-refractivity contribution in [2.75, 3.05) is 0 Å². The Morgan fingerprint density at radius 3 is 2.81 bits per heavy atom. The maximum absolute atomic E-state index is 10.6. The first kappa shape index (κ1) is 12.1. The number of hydrogen-bond acceptors (Lipinski definition) is 3. The molecule has 1 aliphatic rings. The second kappa shape index (κ2) is 4.46. The lowest BCUT2D eigenvalue weighted by Gasteiger charge is -2.27. The molecule has 1 atom stereocenters. The number of aliphatic hydroxyl groups is 1. The molecule has 0 aromatic carbocycles. The third-order valence-corrected chi connectivity index (χ3v) is 4.53. The van der Waals surface area contributed by atoms with E-state index in [9.17, 15) is 5.11 Å². The third-order valence-electron chi connectivity index (χ3n) is 3.75. The normalized spacial score (nSPS) is 29.9. The molecular weight excluding hydrogens is 218 g/mol. The van der Waals surface area contributed by atoms with Crippen LogP contribution < -0.4 is 0 Å². The van der Waals surface area contributed by atoms with E-state index in [-0.39, 0.29) is 0 Å². The standard InChI is InChI=1S/C13H21NOS/c1-12(2)4-3-5-13(15,7-6-12)8-11-9-14-10-16-11/h9-10,15H,3-8H2,1-2H3. The molecule has 16 heavy (non-hydrogen) atoms. The molecule has 1 heterocycles. The van der Waals surface area contributed by atoms with Crippen LogP contribution in [0.25, 0.3) is 0 Å². The van der Waals surface area contributed by atoms with E-state index < -0.39 is 5.60 Å². The highest BCUT2D eigenvalue weighted by Crippen LogP contribution is 2.39. The van der Waals surface area contributed by atoms with Gasteiger partial charge in [-0.15, -0.1) is 11.3 Å². The molecule has 1 unspecified atom stereocenters. The van der Waals surface area contributed by atoms with Crippen molar-refractivity contribution in [2.45, 2.75) is 58.0 Å². The van der Waals surface area contributed by atoms with Gasteiger partial charge in [-0.05, 0) is 31.1 Å². The van der Waals surface area contributed by atoms with Crippen LogP contribution in [0.15, 0.2) is 11.7 Å². The number of hydrogen-bond donors (Lipinski definition) is 1. The first-order chi connectivity index (χ1) is 7.49. The summed E-state index contributed by atoms with van der Waals surface area (Å²) >= 11 is 1.65. The van der Waals surface area contributed by atoms with E-state index in [0.717, 1.165) is 32.1 Å². The number of nitrogens with zero attached hydrogens (tertiary/aromatic N) is 1. The van der Waals surface area contributed by atoms with Gasteiger partial charge in [0, 0.05) is 17.5 Å². The van der Waals surface area contributed by atoms with Crippen LogP contribution in [-0.4, -0.2) is 15.7 Å². The van der Waals surface area contributed by atoms with E-state index in [1.165, 1.54) is 11.3 Å². The van der Waals surface area contributed by atoms with Crippen molar-refractivity contribution in [3.05, 3.63) is 16.6 Å². The lowest BCUT2D eigenvalue weighted by atomic mass is 9.83. The Bertz CT molecular complexity index is 334. The average molecular weight is 239 g/mol. The Kier molecular flexibility index (Phi) is 3.36. The molecule has 1 aromatic heterocycles. The second-order valence-corrected chi connectivity index (χ2v) is 6.86. The molecule has 0 amide bonds. The van der Waals surface area contributed by atoms with E-state index in [2.05, 4.69) is 18.8 Å². The van der Waals surface area contributed by atoms with Crippen LogP contribution in [0, 0.1) is 5.41 Å². The van der Waals surface area contributed by atoms with Crippen LogP contribution in [0.3, 0.4) is 0 Å². The summed E-state index contributed by atoms with van der Waals surface area (Å²) in [5, 5.41) is 10.6. The molecule has 0 aliphatic heterocycles. The van der Waals surface area contributed by atoms with Crippen molar-refractivity contribution >= 4 is 11.3 Å². The predicted molar refractivity (Wildman–Crippen MR) is 67.6 cm³/mol. The second-order valence-electron chi connectivity index (χ2n) is 5.89. The van der Waals surface area contributed by atoms with Crippen LogP contribution in [0.2, 0.25) is 0 Å². The molecule has 0 radical (unpaired) electrons. The topological polar surface area (TPSA) is 33.1 Å². The van der Waals surface area contributed by atoms with Gasteiger partial charge < -0.3 is 5.11 Å². The van der Waals surface area contributed by atoms with Crippen LogP contribution >= 0.6 is 11.3 Å². The molecule has 1 fully saturated rings. The van der Waals surface area contributed by atoms with E-state index in [1.54, 1.807) is 11.3 Å². The zero-order valence-corrected chi connectivity index (χ0v) is 11.0. The van der Waals surface area contributed by atoms with Gasteiger partial charge in [-0.25, -0.2) is 0 Å². The van der Waals surface area contributed by atoms with Gasteiger partial charge in [0.2, 0.25) is 0 Å². The van der Waals surface area contributed by atoms with Gasteiger partial charge in [0.15, 0.2) is 0 Å². The number of aromatic nitrogens is 1. The summed E-state index contributed by atoms with van der Waals surface area (Å²) in [5.41, 5.74) is 1.76. The number of thiazole rings is 1. The summed E-state index contributed by atoms with van der Waals surface area (Å²) in [6, 6.07) is 0. The van der Waals surface area contributed by atoms with Crippen molar-refractivity contribution in [3.63, 3.8) is 0 Å². The molecule has 0 bridgehead atoms. The molecule has 3 heteroatoms. The Hall–Kier alpha value is -0.410. The van der Waals surface area contributed by atoms with Crippen molar-refractivity contribution in [3.8, 4) is 0 Å². The first-order valence-corrected chi connectivity index (χ1v) is 6.97. The maximum atomic E-state index is 10.6. The fourth-order valence-corrected chi connectivity index (χ4v) is 3.28. The third kappa shape index (κ3) is 3.05. The van der Waals surface area contributed by atoms with Gasteiger partial charge in [-0.3, -0.25) is 4.98 Å². The molecule has 1 aliphatic carbocycles. The molecule has 1 N–H and O–H groups in total. The summed E-state index contributed by atoms with van der Waals surface area (Å²) in [5.74, 6) is 0. The molecule has 2 rings (SSSR count). The van der Waals surface area contributed by atoms with E-state index in [4.69, 9.17) is 0 Å². The summed E-state index contributed by atoms with van der Waals surface area (Å²) in [4.78, 5) is 5.29. The molecule has 0 saturated heterocycles. The van der Waals surface area contributed by atoms with Crippen LogP contribution in [-0.2, 0) is 6.42 Å². The zero-order chi connectivity index (χ0) is 11.6. The Morgan fingerprint density at radius 1 is 1.31 bits per heavy atom. The summed E-state index contributed by atoms with van der Waals surface area (Å²) in [7, 11) is 0. The lowest BCUT2D eigenvalue weighted by molar-refractivity contribution is 0.0233. The van der Waals surface area contributed by atoms with Crippen LogP contribution in [0.4, 0.5) is 0 Å². The highest BCUT2D eigenvalue weighted by molar-refractivity contribution is 7.09. The van der Waals surface area contributed by atoms with Crippen LogP contribution in [0.5, 0.6) is 0 Å². The van der Waals surface area contributed by atoms with Gasteiger partial charge >= 0.3 is 0 Å². The van der Waals surface area contributed by atoms with Crippen molar-refractivity contribution < 1.29 is 5.11 Å². The molecule has 1 aromatic rings. The van der Waals surface area contributed by atoms with E-state index >= 15 is 0 Å². The van der Waals surface area contributed by atoms with Crippen molar-refractivity contribution in [2.24, 2.45) is 5.41 Å². The first-order valence-electron chi connectivity index (χ1n) is 6.09. The lowest BCUT2D eigenvalue weighted by Crippen LogP contribution is -2.30.